The van der Waals surface area contributed by atoms with E-state index >= 15 is 0 Å². The van der Waals surface area contributed by atoms with E-state index < -0.39 is 0 Å². The number of aromatic hydroxyl groups is 2. The topological polar surface area (TPSA) is 60.8 Å². The third kappa shape index (κ3) is 3.52. The summed E-state index contributed by atoms with van der Waals surface area (Å²) in [7, 11) is 1.71. The molecule has 0 heterocycles. The van der Waals surface area contributed by atoms with Gasteiger partial charge in [0, 0.05) is 19.2 Å². The molecule has 92 valence electrons. The van der Waals surface area contributed by atoms with Crippen molar-refractivity contribution in [3.8, 4) is 11.5 Å². The Kier molecular flexibility index (Phi) is 4.15. The Balaban J connectivity index is 2.58. The summed E-state index contributed by atoms with van der Waals surface area (Å²) in [5.74, 6) is -0.371. The lowest BCUT2D eigenvalue weighted by Gasteiger charge is -2.17. The number of amides is 1. The van der Waals surface area contributed by atoms with Crippen LogP contribution in [0.5, 0.6) is 11.5 Å². The highest BCUT2D eigenvalue weighted by atomic mass is 16.3. The number of likely N-dealkylation sites (N-methyl/N-ethyl adjacent to an activating group) is 1. The number of nitrogens with zero attached hydrogens (tertiary/aromatic N) is 1. The summed E-state index contributed by atoms with van der Waals surface area (Å²) >= 11 is 0. The van der Waals surface area contributed by atoms with Crippen molar-refractivity contribution >= 4 is 5.91 Å². The third-order valence-electron chi connectivity index (χ3n) is 2.49. The predicted octanol–water partition coefficient (Wildman–Crippen LogP) is 1.67. The van der Waals surface area contributed by atoms with Crippen LogP contribution < -0.4 is 0 Å². The number of hydrogen-bond donors (Lipinski definition) is 2. The van der Waals surface area contributed by atoms with E-state index in [0.717, 1.165) is 5.56 Å². The number of rotatable bonds is 4. The second kappa shape index (κ2) is 5.39. The van der Waals surface area contributed by atoms with Crippen LogP contribution in [0, 0.1) is 0 Å². The van der Waals surface area contributed by atoms with Crippen molar-refractivity contribution in [1.29, 1.82) is 0 Å². The zero-order valence-electron chi connectivity index (χ0n) is 10.1. The van der Waals surface area contributed by atoms with Gasteiger partial charge in [0.25, 0.3) is 0 Å². The Labute approximate surface area is 101 Å². The van der Waals surface area contributed by atoms with Crippen molar-refractivity contribution in [3.05, 3.63) is 35.9 Å². The molecular weight excluding hydrogens is 218 g/mol. The van der Waals surface area contributed by atoms with E-state index in [1.807, 2.05) is 0 Å². The first kappa shape index (κ1) is 13.1. The third-order valence-corrected chi connectivity index (χ3v) is 2.49. The highest BCUT2D eigenvalue weighted by Crippen LogP contribution is 2.25. The Morgan fingerprint density at radius 2 is 2.00 bits per heavy atom. The zero-order valence-corrected chi connectivity index (χ0v) is 10.1. The lowest BCUT2D eigenvalue weighted by molar-refractivity contribution is -0.125. The van der Waals surface area contributed by atoms with E-state index in [0.29, 0.717) is 18.5 Å². The number of phenols is 2. The maximum Gasteiger partial charge on any atom is 0.248 e. The van der Waals surface area contributed by atoms with Crippen LogP contribution in [0.15, 0.2) is 30.4 Å². The minimum atomic E-state index is -0.142. The van der Waals surface area contributed by atoms with Crippen LogP contribution in [0.1, 0.15) is 12.5 Å². The van der Waals surface area contributed by atoms with Gasteiger partial charge in [0.1, 0.15) is 0 Å². The summed E-state index contributed by atoms with van der Waals surface area (Å²) < 4.78 is 0. The highest BCUT2D eigenvalue weighted by Gasteiger charge is 2.09. The Hall–Kier alpha value is -1.97. The van der Waals surface area contributed by atoms with Crippen molar-refractivity contribution in [2.45, 2.75) is 13.3 Å². The summed E-state index contributed by atoms with van der Waals surface area (Å²) in [6.45, 7) is 5.80. The molecule has 0 saturated heterocycles. The average Bonchev–Trinajstić information content (AvgIpc) is 2.29. The van der Waals surface area contributed by atoms with Gasteiger partial charge in [-0.05, 0) is 31.0 Å². The molecule has 1 amide bonds. The smallest absolute Gasteiger partial charge is 0.248 e. The zero-order chi connectivity index (χ0) is 13.0. The fraction of sp³-hybridized carbons (Fsp3) is 0.308. The first-order valence-corrected chi connectivity index (χ1v) is 5.33. The van der Waals surface area contributed by atoms with Gasteiger partial charge >= 0.3 is 0 Å². The molecule has 0 atom stereocenters. The van der Waals surface area contributed by atoms with Gasteiger partial charge in [-0.3, -0.25) is 4.79 Å². The quantitative estimate of drug-likeness (QED) is 0.616. The Morgan fingerprint density at radius 1 is 1.35 bits per heavy atom. The Bertz CT molecular complexity index is 440. The van der Waals surface area contributed by atoms with Gasteiger partial charge in [-0.2, -0.15) is 0 Å². The van der Waals surface area contributed by atoms with Crippen molar-refractivity contribution in [2.24, 2.45) is 0 Å². The first-order valence-electron chi connectivity index (χ1n) is 5.33. The molecule has 0 unspecified atom stereocenters. The van der Waals surface area contributed by atoms with E-state index in [4.69, 9.17) is 5.11 Å². The van der Waals surface area contributed by atoms with Gasteiger partial charge in [-0.15, -0.1) is 0 Å². The summed E-state index contributed by atoms with van der Waals surface area (Å²) in [6, 6.07) is 4.65. The van der Waals surface area contributed by atoms with Crippen LogP contribution in [0.2, 0.25) is 0 Å². The monoisotopic (exact) mass is 235 g/mol. The fourth-order valence-electron chi connectivity index (χ4n) is 1.45. The van der Waals surface area contributed by atoms with E-state index in [1.54, 1.807) is 24.9 Å². The summed E-state index contributed by atoms with van der Waals surface area (Å²) in [6.07, 6.45) is 0.614. The molecule has 1 rings (SSSR count). The summed E-state index contributed by atoms with van der Waals surface area (Å²) in [5.41, 5.74) is 1.36. The van der Waals surface area contributed by atoms with Crippen molar-refractivity contribution in [1.82, 2.24) is 4.90 Å². The molecule has 0 aromatic heterocycles. The molecule has 1 aromatic rings. The molecule has 0 radical (unpaired) electrons. The molecule has 4 nitrogen and oxygen atoms in total. The van der Waals surface area contributed by atoms with Crippen LogP contribution in [-0.2, 0) is 11.2 Å². The number of carbonyl (C=O) groups excluding carboxylic acids is 1. The molecule has 2 N–H and O–H groups in total. The molecule has 0 aliphatic heterocycles. The lowest BCUT2D eigenvalue weighted by Crippen LogP contribution is -2.29. The normalized spacial score (nSPS) is 10.0. The second-order valence-electron chi connectivity index (χ2n) is 4.08. The standard InChI is InChI=1S/C13H17NO3/c1-9(2)13(17)14(3)7-6-10-4-5-11(15)12(16)8-10/h4-5,8,15-16H,1,6-7H2,2-3H3. The SMILES string of the molecule is C=C(C)C(=O)N(C)CCc1ccc(O)c(O)c1. The molecule has 0 bridgehead atoms. The van der Waals surface area contributed by atoms with Crippen molar-refractivity contribution in [3.63, 3.8) is 0 Å². The maximum atomic E-state index is 11.5. The van der Waals surface area contributed by atoms with Crippen molar-refractivity contribution < 1.29 is 15.0 Å². The maximum absolute atomic E-state index is 11.5. The first-order chi connectivity index (χ1) is 7.91. The molecule has 1 aromatic carbocycles. The molecule has 0 aliphatic carbocycles. The fourth-order valence-corrected chi connectivity index (χ4v) is 1.45. The van der Waals surface area contributed by atoms with Crippen LogP contribution in [0.25, 0.3) is 0 Å². The van der Waals surface area contributed by atoms with Crippen LogP contribution in [0.3, 0.4) is 0 Å². The number of benzene rings is 1. The van der Waals surface area contributed by atoms with E-state index in [-0.39, 0.29) is 17.4 Å². The van der Waals surface area contributed by atoms with Gasteiger partial charge in [0.15, 0.2) is 11.5 Å². The molecule has 0 spiro atoms. The molecule has 0 saturated carbocycles. The van der Waals surface area contributed by atoms with Crippen LogP contribution in [0.4, 0.5) is 0 Å². The van der Waals surface area contributed by atoms with E-state index in [2.05, 4.69) is 6.58 Å². The minimum absolute atomic E-state index is 0.0898. The van der Waals surface area contributed by atoms with Gasteiger partial charge in [0.2, 0.25) is 5.91 Å². The molecule has 4 heteroatoms. The number of carbonyl (C=O) groups is 1. The lowest BCUT2D eigenvalue weighted by atomic mass is 10.1. The van der Waals surface area contributed by atoms with E-state index in [1.165, 1.54) is 12.1 Å². The van der Waals surface area contributed by atoms with E-state index in [9.17, 15) is 9.90 Å². The minimum Gasteiger partial charge on any atom is -0.504 e. The predicted molar refractivity (Wildman–Crippen MR) is 65.9 cm³/mol. The average molecular weight is 235 g/mol. The second-order valence-corrected chi connectivity index (χ2v) is 4.08. The van der Waals surface area contributed by atoms with Gasteiger partial charge < -0.3 is 15.1 Å². The van der Waals surface area contributed by atoms with Gasteiger partial charge in [-0.25, -0.2) is 0 Å². The van der Waals surface area contributed by atoms with Crippen molar-refractivity contribution in [2.75, 3.05) is 13.6 Å². The summed E-state index contributed by atoms with van der Waals surface area (Å²) in [5, 5.41) is 18.5. The van der Waals surface area contributed by atoms with Gasteiger partial charge in [-0.1, -0.05) is 12.6 Å². The van der Waals surface area contributed by atoms with Gasteiger partial charge in [0.05, 0.1) is 0 Å². The van der Waals surface area contributed by atoms with Crippen LogP contribution >= 0.6 is 0 Å². The molecule has 0 aliphatic rings. The molecule has 0 fully saturated rings. The highest BCUT2D eigenvalue weighted by molar-refractivity contribution is 5.91. The van der Waals surface area contributed by atoms with Crippen LogP contribution in [-0.4, -0.2) is 34.6 Å². The number of phenolic OH excluding ortho intramolecular Hbond substituents is 2. The largest absolute Gasteiger partial charge is 0.504 e. The molecular formula is C13H17NO3. The summed E-state index contributed by atoms with van der Waals surface area (Å²) in [4.78, 5) is 13.1. The number of hydrogen-bond acceptors (Lipinski definition) is 3. The Morgan fingerprint density at radius 3 is 2.53 bits per heavy atom. The molecule has 17 heavy (non-hydrogen) atoms.